The fourth-order valence-electron chi connectivity index (χ4n) is 8.73. The minimum atomic E-state index is -0.658. The summed E-state index contributed by atoms with van der Waals surface area (Å²) in [7, 11) is 0. The Hall–Kier alpha value is -6.15. The molecule has 9 rings (SSSR count). The maximum atomic E-state index is 13.1. The Bertz CT molecular complexity index is 2420. The molecule has 0 aliphatic carbocycles. The lowest BCUT2D eigenvalue weighted by Gasteiger charge is -2.30. The van der Waals surface area contributed by atoms with E-state index in [2.05, 4.69) is 39.1 Å². The van der Waals surface area contributed by atoms with Gasteiger partial charge in [0.1, 0.15) is 17.6 Å². The SMILES string of the molecule is CC(=O)N1CCn2c(C3CCOCC3)nc(-c3cccc4cc(-c5ccc(OCCCCCOc6cccc7c6CN(C6CCC(=O)NC6=O)C7=O)nc5)ncc34)c2C1. The highest BCUT2D eigenvalue weighted by molar-refractivity contribution is 6.05. The van der Waals surface area contributed by atoms with Crippen molar-refractivity contribution in [3.63, 3.8) is 0 Å². The Labute approximate surface area is 341 Å². The van der Waals surface area contributed by atoms with E-state index in [4.69, 9.17) is 24.2 Å². The van der Waals surface area contributed by atoms with Crippen molar-refractivity contribution >= 4 is 34.4 Å². The molecule has 1 atom stereocenters. The van der Waals surface area contributed by atoms with Gasteiger partial charge in [0.25, 0.3) is 5.91 Å². The number of hydrogen-bond acceptors (Lipinski definition) is 10. The summed E-state index contributed by atoms with van der Waals surface area (Å²) in [5.74, 6) is 1.74. The molecule has 0 spiro atoms. The Kier molecular flexibility index (Phi) is 10.8. The second-order valence-corrected chi connectivity index (χ2v) is 15.7. The van der Waals surface area contributed by atoms with Crippen LogP contribution in [0.2, 0.25) is 0 Å². The lowest BCUT2D eigenvalue weighted by Crippen LogP contribution is -2.52. The number of fused-ring (bicyclic) bond motifs is 3. The van der Waals surface area contributed by atoms with Gasteiger partial charge in [0.05, 0.1) is 43.4 Å². The Morgan fingerprint density at radius 1 is 0.881 bits per heavy atom. The summed E-state index contributed by atoms with van der Waals surface area (Å²) >= 11 is 0. The van der Waals surface area contributed by atoms with Crippen LogP contribution in [0.5, 0.6) is 11.6 Å². The van der Waals surface area contributed by atoms with Crippen molar-refractivity contribution in [2.75, 3.05) is 33.0 Å². The molecular weight excluding hydrogens is 751 g/mol. The molecule has 7 heterocycles. The van der Waals surface area contributed by atoms with Gasteiger partial charge >= 0.3 is 0 Å². The molecule has 0 bridgehead atoms. The molecule has 14 heteroatoms. The van der Waals surface area contributed by atoms with Crippen molar-refractivity contribution in [2.24, 2.45) is 0 Å². The smallest absolute Gasteiger partial charge is 0.255 e. The van der Waals surface area contributed by atoms with Crippen molar-refractivity contribution in [3.05, 3.63) is 89.6 Å². The number of rotatable bonds is 12. The number of carbonyl (C=O) groups excluding carboxylic acids is 4. The summed E-state index contributed by atoms with van der Waals surface area (Å²) in [6.07, 6.45) is 8.63. The van der Waals surface area contributed by atoms with Crippen LogP contribution >= 0.6 is 0 Å². The standard InChI is InChI=1S/C45H47N7O7/c1-28(53)50-17-18-51-38(27-50)42(49-43(51)29-15-21-57-22-16-29)32-8-5-7-30-23-36(46-25-34(30)32)31-11-14-41(47-24-31)59-20-4-2-3-19-58-39-10-6-9-33-35(39)26-52(45(33)56)37-12-13-40(54)48-44(37)55/h5-11,14,23-25,29,37H,2-4,12-13,15-22,26-27H2,1H3,(H,48,54,55). The molecule has 1 N–H and O–H groups in total. The molecule has 4 aliphatic heterocycles. The predicted molar refractivity (Wildman–Crippen MR) is 217 cm³/mol. The molecule has 0 saturated carbocycles. The zero-order valence-electron chi connectivity index (χ0n) is 33.2. The fraction of sp³-hybridized carbons (Fsp3) is 0.400. The van der Waals surface area contributed by atoms with Gasteiger partial charge in [-0.1, -0.05) is 24.3 Å². The first-order valence-electron chi connectivity index (χ1n) is 20.6. The number of piperidine rings is 1. The first-order chi connectivity index (χ1) is 28.8. The zero-order valence-corrected chi connectivity index (χ0v) is 33.2. The van der Waals surface area contributed by atoms with Crippen LogP contribution in [-0.4, -0.2) is 92.0 Å². The molecule has 304 valence electrons. The van der Waals surface area contributed by atoms with Gasteiger partial charge in [-0.05, 0) is 68.2 Å². The number of amides is 4. The maximum Gasteiger partial charge on any atom is 0.255 e. The topological polar surface area (TPSA) is 158 Å². The Balaban J connectivity index is 0.792. The van der Waals surface area contributed by atoms with Crippen molar-refractivity contribution in [2.45, 2.75) is 83.5 Å². The number of unbranched alkanes of at least 4 members (excludes halogenated alkanes) is 2. The van der Waals surface area contributed by atoms with Crippen LogP contribution in [0.25, 0.3) is 33.3 Å². The monoisotopic (exact) mass is 797 g/mol. The van der Waals surface area contributed by atoms with Crippen LogP contribution in [0.3, 0.4) is 0 Å². The lowest BCUT2D eigenvalue weighted by atomic mass is 9.99. The first kappa shape index (κ1) is 38.4. The average molecular weight is 798 g/mol. The van der Waals surface area contributed by atoms with Gasteiger partial charge in [0.15, 0.2) is 0 Å². The second-order valence-electron chi connectivity index (χ2n) is 15.7. The number of nitrogens with zero attached hydrogens (tertiary/aromatic N) is 6. The van der Waals surface area contributed by atoms with E-state index in [1.54, 1.807) is 25.3 Å². The summed E-state index contributed by atoms with van der Waals surface area (Å²) < 4.78 is 20.1. The molecule has 2 saturated heterocycles. The number of imide groups is 1. The van der Waals surface area contributed by atoms with E-state index in [0.29, 0.717) is 55.8 Å². The van der Waals surface area contributed by atoms with Crippen LogP contribution < -0.4 is 14.8 Å². The summed E-state index contributed by atoms with van der Waals surface area (Å²) in [4.78, 5) is 67.7. The first-order valence-corrected chi connectivity index (χ1v) is 20.6. The van der Waals surface area contributed by atoms with E-state index in [-0.39, 0.29) is 30.7 Å². The van der Waals surface area contributed by atoms with E-state index < -0.39 is 11.9 Å². The molecule has 14 nitrogen and oxygen atoms in total. The Morgan fingerprint density at radius 2 is 1.69 bits per heavy atom. The summed E-state index contributed by atoms with van der Waals surface area (Å²) in [6, 6.07) is 16.9. The highest BCUT2D eigenvalue weighted by Gasteiger charge is 2.40. The molecule has 3 aromatic heterocycles. The van der Waals surface area contributed by atoms with Gasteiger partial charge in [-0.2, -0.15) is 0 Å². The summed E-state index contributed by atoms with van der Waals surface area (Å²) in [5.41, 5.74) is 6.02. The normalized spacial score (nSPS) is 18.2. The van der Waals surface area contributed by atoms with Gasteiger partial charge < -0.3 is 28.6 Å². The highest BCUT2D eigenvalue weighted by atomic mass is 16.5. The van der Waals surface area contributed by atoms with Crippen molar-refractivity contribution < 1.29 is 33.4 Å². The molecule has 2 aromatic carbocycles. The summed E-state index contributed by atoms with van der Waals surface area (Å²) in [6.45, 7) is 6.34. The predicted octanol–water partition coefficient (Wildman–Crippen LogP) is 5.81. The third kappa shape index (κ3) is 7.76. The van der Waals surface area contributed by atoms with E-state index in [0.717, 1.165) is 102 Å². The van der Waals surface area contributed by atoms with Gasteiger partial charge in [0.2, 0.25) is 23.6 Å². The van der Waals surface area contributed by atoms with Crippen LogP contribution in [0, 0.1) is 0 Å². The average Bonchev–Trinajstić information content (AvgIpc) is 3.81. The van der Waals surface area contributed by atoms with Crippen LogP contribution in [-0.2, 0) is 38.8 Å². The van der Waals surface area contributed by atoms with Crippen molar-refractivity contribution in [1.82, 2.24) is 34.6 Å². The number of carbonyl (C=O) groups is 4. The van der Waals surface area contributed by atoms with Crippen LogP contribution in [0.15, 0.2) is 67.0 Å². The lowest BCUT2D eigenvalue weighted by molar-refractivity contribution is -0.137. The molecule has 0 radical (unpaired) electrons. The highest BCUT2D eigenvalue weighted by Crippen LogP contribution is 2.38. The molecular formula is C45H47N7O7. The number of ether oxygens (including phenoxy) is 3. The van der Waals surface area contributed by atoms with Crippen LogP contribution in [0.1, 0.15) is 85.2 Å². The van der Waals surface area contributed by atoms with Gasteiger partial charge in [-0.25, -0.2) is 9.97 Å². The van der Waals surface area contributed by atoms with E-state index in [1.165, 1.54) is 4.90 Å². The molecule has 2 fully saturated rings. The molecule has 5 aromatic rings. The number of pyridine rings is 2. The largest absolute Gasteiger partial charge is 0.493 e. The van der Waals surface area contributed by atoms with E-state index in [1.807, 2.05) is 29.3 Å². The van der Waals surface area contributed by atoms with Gasteiger partial charge in [-0.15, -0.1) is 0 Å². The number of imidazole rings is 1. The fourth-order valence-corrected chi connectivity index (χ4v) is 8.73. The number of hydrogen-bond donors (Lipinski definition) is 1. The molecule has 59 heavy (non-hydrogen) atoms. The molecule has 4 aliphatic rings. The van der Waals surface area contributed by atoms with Gasteiger partial charge in [-0.3, -0.25) is 29.5 Å². The van der Waals surface area contributed by atoms with E-state index >= 15 is 0 Å². The zero-order chi connectivity index (χ0) is 40.5. The maximum absolute atomic E-state index is 13.1. The quantitative estimate of drug-likeness (QED) is 0.121. The number of nitrogens with one attached hydrogen (secondary N) is 1. The van der Waals surface area contributed by atoms with E-state index in [9.17, 15) is 19.2 Å². The number of aromatic nitrogens is 4. The van der Waals surface area contributed by atoms with Crippen molar-refractivity contribution in [3.8, 4) is 34.1 Å². The van der Waals surface area contributed by atoms with Gasteiger partial charge in [0, 0.05) is 91.7 Å². The Morgan fingerprint density at radius 3 is 2.49 bits per heavy atom. The minimum Gasteiger partial charge on any atom is -0.493 e. The summed E-state index contributed by atoms with van der Waals surface area (Å²) in [5, 5.41) is 4.40. The minimum absolute atomic E-state index is 0.0727. The van der Waals surface area contributed by atoms with Crippen molar-refractivity contribution in [1.29, 1.82) is 0 Å². The van der Waals surface area contributed by atoms with Crippen LogP contribution in [0.4, 0.5) is 0 Å². The molecule has 4 amide bonds. The number of benzene rings is 2. The second kappa shape index (κ2) is 16.6. The molecule has 1 unspecified atom stereocenters. The third-order valence-corrected chi connectivity index (χ3v) is 12.0. The third-order valence-electron chi connectivity index (χ3n) is 12.0.